The Balaban J connectivity index is 1.79. The molecule has 2 aliphatic heterocycles. The maximum atomic E-state index is 12.2. The summed E-state index contributed by atoms with van der Waals surface area (Å²) in [5.74, 6) is 0.500. The van der Waals surface area contributed by atoms with E-state index in [1.807, 2.05) is 25.7 Å². The third-order valence-electron chi connectivity index (χ3n) is 4.43. The summed E-state index contributed by atoms with van der Waals surface area (Å²) >= 11 is 0. The van der Waals surface area contributed by atoms with Gasteiger partial charge >= 0.3 is 6.09 Å². The highest BCUT2D eigenvalue weighted by Gasteiger charge is 2.31. The highest BCUT2D eigenvalue weighted by atomic mass is 16.6. The minimum absolute atomic E-state index is 0.0897. The summed E-state index contributed by atoms with van der Waals surface area (Å²) in [6.07, 6.45) is 4.33. The zero-order valence-electron chi connectivity index (χ0n) is 14.6. The number of likely N-dealkylation sites (tertiary alicyclic amines) is 1. The second kappa shape index (κ2) is 7.18. The van der Waals surface area contributed by atoms with Crippen LogP contribution in [0, 0.1) is 5.92 Å². The van der Waals surface area contributed by atoms with Crippen LogP contribution in [-0.2, 0) is 9.47 Å². The molecule has 0 aromatic heterocycles. The SMILES string of the molecule is CC1(NCC2CCCN(C(=O)OC(C)(C)C)C2)CCCOC1. The number of rotatable bonds is 3. The van der Waals surface area contributed by atoms with E-state index in [9.17, 15) is 4.79 Å². The molecule has 0 spiro atoms. The van der Waals surface area contributed by atoms with Gasteiger partial charge in [0.2, 0.25) is 0 Å². The topological polar surface area (TPSA) is 50.8 Å². The Bertz CT molecular complexity index is 373. The Morgan fingerprint density at radius 3 is 2.82 bits per heavy atom. The highest BCUT2D eigenvalue weighted by molar-refractivity contribution is 5.68. The van der Waals surface area contributed by atoms with E-state index < -0.39 is 5.60 Å². The van der Waals surface area contributed by atoms with Crippen molar-refractivity contribution in [1.29, 1.82) is 0 Å². The Morgan fingerprint density at radius 2 is 2.18 bits per heavy atom. The monoisotopic (exact) mass is 312 g/mol. The first-order chi connectivity index (χ1) is 10.3. The van der Waals surface area contributed by atoms with Crippen molar-refractivity contribution in [2.24, 2.45) is 5.92 Å². The summed E-state index contributed by atoms with van der Waals surface area (Å²) in [4.78, 5) is 14.1. The predicted molar refractivity (Wildman–Crippen MR) is 87.0 cm³/mol. The van der Waals surface area contributed by atoms with E-state index in [0.29, 0.717) is 5.92 Å². The van der Waals surface area contributed by atoms with E-state index in [1.54, 1.807) is 0 Å². The van der Waals surface area contributed by atoms with Crippen molar-refractivity contribution in [2.75, 3.05) is 32.8 Å². The first kappa shape index (κ1) is 17.5. The van der Waals surface area contributed by atoms with Crippen LogP contribution in [0.15, 0.2) is 0 Å². The number of nitrogens with one attached hydrogen (secondary N) is 1. The molecule has 2 aliphatic rings. The van der Waals surface area contributed by atoms with E-state index >= 15 is 0 Å². The molecule has 2 unspecified atom stereocenters. The molecule has 128 valence electrons. The van der Waals surface area contributed by atoms with Crippen LogP contribution in [0.2, 0.25) is 0 Å². The molecular weight excluding hydrogens is 280 g/mol. The molecule has 1 N–H and O–H groups in total. The molecule has 2 fully saturated rings. The Labute approximate surface area is 134 Å². The molecule has 2 rings (SSSR count). The number of amides is 1. The lowest BCUT2D eigenvalue weighted by molar-refractivity contribution is 0.0118. The van der Waals surface area contributed by atoms with Gasteiger partial charge in [-0.3, -0.25) is 0 Å². The Morgan fingerprint density at radius 1 is 1.41 bits per heavy atom. The smallest absolute Gasteiger partial charge is 0.410 e. The second-order valence-electron chi connectivity index (χ2n) is 8.03. The van der Waals surface area contributed by atoms with Gasteiger partial charge in [0.05, 0.1) is 6.61 Å². The van der Waals surface area contributed by atoms with Crippen molar-refractivity contribution in [1.82, 2.24) is 10.2 Å². The van der Waals surface area contributed by atoms with Crippen molar-refractivity contribution < 1.29 is 14.3 Å². The molecule has 0 bridgehead atoms. The number of carbonyl (C=O) groups is 1. The van der Waals surface area contributed by atoms with Crippen molar-refractivity contribution in [3.8, 4) is 0 Å². The summed E-state index contributed by atoms with van der Waals surface area (Å²) in [6.45, 7) is 12.2. The van der Waals surface area contributed by atoms with Crippen LogP contribution >= 0.6 is 0 Å². The van der Waals surface area contributed by atoms with Crippen LogP contribution in [0.5, 0.6) is 0 Å². The quantitative estimate of drug-likeness (QED) is 0.870. The molecule has 2 heterocycles. The van der Waals surface area contributed by atoms with Gasteiger partial charge in [-0.05, 0) is 59.3 Å². The lowest BCUT2D eigenvalue weighted by Gasteiger charge is -2.38. The van der Waals surface area contributed by atoms with E-state index in [-0.39, 0.29) is 11.6 Å². The van der Waals surface area contributed by atoms with Gasteiger partial charge in [-0.2, -0.15) is 0 Å². The van der Waals surface area contributed by atoms with Gasteiger partial charge in [0, 0.05) is 31.8 Å². The van der Waals surface area contributed by atoms with Crippen LogP contribution in [0.25, 0.3) is 0 Å². The van der Waals surface area contributed by atoms with Gasteiger partial charge < -0.3 is 19.7 Å². The van der Waals surface area contributed by atoms with Crippen molar-refractivity contribution >= 4 is 6.09 Å². The second-order valence-corrected chi connectivity index (χ2v) is 8.03. The number of nitrogens with zero attached hydrogens (tertiary/aromatic N) is 1. The third kappa shape index (κ3) is 5.43. The molecule has 1 amide bonds. The number of piperidine rings is 1. The van der Waals surface area contributed by atoms with Gasteiger partial charge in [0.25, 0.3) is 0 Å². The highest BCUT2D eigenvalue weighted by Crippen LogP contribution is 2.22. The normalized spacial score (nSPS) is 30.2. The van der Waals surface area contributed by atoms with Crippen molar-refractivity contribution in [2.45, 2.75) is 64.5 Å². The average Bonchev–Trinajstić information content (AvgIpc) is 2.45. The molecule has 22 heavy (non-hydrogen) atoms. The van der Waals surface area contributed by atoms with Crippen LogP contribution in [0.1, 0.15) is 53.4 Å². The van der Waals surface area contributed by atoms with Crippen LogP contribution in [0.3, 0.4) is 0 Å². The molecule has 5 heteroatoms. The minimum Gasteiger partial charge on any atom is -0.444 e. The van der Waals surface area contributed by atoms with Crippen LogP contribution in [-0.4, -0.2) is 55.0 Å². The number of ether oxygens (including phenoxy) is 2. The fourth-order valence-electron chi connectivity index (χ4n) is 3.19. The lowest BCUT2D eigenvalue weighted by Crippen LogP contribution is -2.52. The molecular formula is C17H32N2O3. The van der Waals surface area contributed by atoms with Gasteiger partial charge in [-0.25, -0.2) is 4.79 Å². The first-order valence-electron chi connectivity index (χ1n) is 8.58. The summed E-state index contributed by atoms with van der Waals surface area (Å²) in [6, 6.07) is 0. The summed E-state index contributed by atoms with van der Waals surface area (Å²) in [5.41, 5.74) is -0.332. The largest absolute Gasteiger partial charge is 0.444 e. The average molecular weight is 312 g/mol. The Kier molecular flexibility index (Phi) is 5.72. The first-order valence-corrected chi connectivity index (χ1v) is 8.58. The molecule has 0 saturated carbocycles. The standard InChI is InChI=1S/C17H32N2O3/c1-16(2,3)22-15(20)19-9-5-7-14(12-19)11-18-17(4)8-6-10-21-13-17/h14,18H,5-13H2,1-4H3. The van der Waals surface area contributed by atoms with E-state index in [0.717, 1.165) is 52.1 Å². The zero-order valence-corrected chi connectivity index (χ0v) is 14.6. The van der Waals surface area contributed by atoms with Gasteiger partial charge in [0.1, 0.15) is 5.60 Å². The van der Waals surface area contributed by atoms with Crippen LogP contribution < -0.4 is 5.32 Å². The maximum Gasteiger partial charge on any atom is 0.410 e. The number of hydrogen-bond acceptors (Lipinski definition) is 4. The molecule has 0 radical (unpaired) electrons. The Hall–Kier alpha value is -0.810. The van der Waals surface area contributed by atoms with Crippen molar-refractivity contribution in [3.63, 3.8) is 0 Å². The summed E-state index contributed by atoms with van der Waals surface area (Å²) in [7, 11) is 0. The molecule has 5 nitrogen and oxygen atoms in total. The molecule has 2 atom stereocenters. The molecule has 0 aliphatic carbocycles. The van der Waals surface area contributed by atoms with E-state index in [4.69, 9.17) is 9.47 Å². The zero-order chi connectivity index (χ0) is 16.2. The van der Waals surface area contributed by atoms with Crippen LogP contribution in [0.4, 0.5) is 4.79 Å². The van der Waals surface area contributed by atoms with E-state index in [2.05, 4.69) is 12.2 Å². The third-order valence-corrected chi connectivity index (χ3v) is 4.43. The summed E-state index contributed by atoms with van der Waals surface area (Å²) < 4.78 is 11.1. The molecule has 2 saturated heterocycles. The number of carbonyl (C=O) groups excluding carboxylic acids is 1. The van der Waals surface area contributed by atoms with Gasteiger partial charge in [-0.1, -0.05) is 0 Å². The number of hydrogen-bond donors (Lipinski definition) is 1. The predicted octanol–water partition coefficient (Wildman–Crippen LogP) is 2.79. The minimum atomic E-state index is -0.421. The van der Waals surface area contributed by atoms with Gasteiger partial charge in [0.15, 0.2) is 0 Å². The molecule has 0 aromatic carbocycles. The fourth-order valence-corrected chi connectivity index (χ4v) is 3.19. The van der Waals surface area contributed by atoms with Gasteiger partial charge in [-0.15, -0.1) is 0 Å². The molecule has 0 aromatic rings. The van der Waals surface area contributed by atoms with Crippen molar-refractivity contribution in [3.05, 3.63) is 0 Å². The summed E-state index contributed by atoms with van der Waals surface area (Å²) in [5, 5.41) is 3.67. The fraction of sp³-hybridized carbons (Fsp3) is 0.941. The van der Waals surface area contributed by atoms with E-state index in [1.165, 1.54) is 6.42 Å². The lowest BCUT2D eigenvalue weighted by atomic mass is 9.92. The maximum absolute atomic E-state index is 12.2.